The van der Waals surface area contributed by atoms with Gasteiger partial charge in [-0.1, -0.05) is 6.92 Å². The first kappa shape index (κ1) is 13.4. The number of rotatable bonds is 7. The molecule has 1 saturated carbocycles. The van der Waals surface area contributed by atoms with Crippen molar-refractivity contribution < 1.29 is 0 Å². The monoisotopic (exact) mass is 272 g/mol. The Kier molecular flexibility index (Phi) is 3.92. The summed E-state index contributed by atoms with van der Waals surface area (Å²) in [5.41, 5.74) is 1.42. The highest BCUT2D eigenvalue weighted by molar-refractivity contribution is 5.19. The van der Waals surface area contributed by atoms with E-state index in [9.17, 15) is 0 Å². The highest BCUT2D eigenvalue weighted by atomic mass is 15.1. The molecule has 1 atom stereocenters. The van der Waals surface area contributed by atoms with Gasteiger partial charge in [-0.05, 0) is 43.9 Å². The summed E-state index contributed by atoms with van der Waals surface area (Å²) in [4.78, 5) is 4.45. The summed E-state index contributed by atoms with van der Waals surface area (Å²) in [6.07, 6.45) is 11.1. The van der Waals surface area contributed by atoms with Crippen LogP contribution < -0.4 is 5.32 Å². The molecular formula is C16H24N4. The minimum atomic E-state index is 0.534. The van der Waals surface area contributed by atoms with Gasteiger partial charge in [0, 0.05) is 37.4 Å². The maximum absolute atomic E-state index is 4.45. The van der Waals surface area contributed by atoms with Crippen LogP contribution in [-0.4, -0.2) is 20.7 Å². The lowest BCUT2D eigenvalue weighted by atomic mass is 10.1. The van der Waals surface area contributed by atoms with Crippen molar-refractivity contribution >= 4 is 0 Å². The Balaban J connectivity index is 1.72. The Morgan fingerprint density at radius 1 is 1.35 bits per heavy atom. The standard InChI is InChI=1S/C16H24N4/c1-3-17-16(13-5-6-13)14-7-9-19(11-14)12-15-18-8-10-20(15)4-2/h7-11,13,16-17H,3-6,12H2,1-2H3. The molecule has 4 heteroatoms. The largest absolute Gasteiger partial charge is 0.346 e. The average Bonchev–Trinajstić information content (AvgIpc) is 3.02. The molecule has 2 heterocycles. The van der Waals surface area contributed by atoms with E-state index < -0.39 is 0 Å². The van der Waals surface area contributed by atoms with Gasteiger partial charge in [-0.2, -0.15) is 0 Å². The molecule has 0 radical (unpaired) electrons. The van der Waals surface area contributed by atoms with Crippen molar-refractivity contribution in [2.24, 2.45) is 5.92 Å². The van der Waals surface area contributed by atoms with Crippen molar-refractivity contribution in [3.8, 4) is 0 Å². The zero-order valence-corrected chi connectivity index (χ0v) is 12.4. The summed E-state index contributed by atoms with van der Waals surface area (Å²) in [5.74, 6) is 1.96. The number of hydrogen-bond acceptors (Lipinski definition) is 2. The molecule has 4 nitrogen and oxygen atoms in total. The molecule has 0 saturated heterocycles. The number of aromatic nitrogens is 3. The second-order valence-corrected chi connectivity index (χ2v) is 5.62. The Morgan fingerprint density at radius 3 is 2.90 bits per heavy atom. The van der Waals surface area contributed by atoms with Gasteiger partial charge in [-0.15, -0.1) is 0 Å². The number of nitrogens with zero attached hydrogens (tertiary/aromatic N) is 3. The first-order chi connectivity index (χ1) is 9.81. The van der Waals surface area contributed by atoms with Gasteiger partial charge in [0.25, 0.3) is 0 Å². The summed E-state index contributed by atoms with van der Waals surface area (Å²) < 4.78 is 4.44. The molecule has 1 N–H and O–H groups in total. The molecule has 0 aromatic carbocycles. The van der Waals surface area contributed by atoms with Gasteiger partial charge in [0.15, 0.2) is 0 Å². The quantitative estimate of drug-likeness (QED) is 0.841. The normalized spacial score (nSPS) is 16.5. The zero-order chi connectivity index (χ0) is 13.9. The predicted molar refractivity (Wildman–Crippen MR) is 80.6 cm³/mol. The van der Waals surface area contributed by atoms with Crippen LogP contribution in [0.2, 0.25) is 0 Å². The van der Waals surface area contributed by atoms with Crippen LogP contribution in [0.4, 0.5) is 0 Å². The molecule has 2 aromatic rings. The summed E-state index contributed by atoms with van der Waals surface area (Å²) in [5, 5.41) is 3.62. The molecule has 108 valence electrons. The highest BCUT2D eigenvalue weighted by Gasteiger charge is 2.32. The molecule has 0 amide bonds. The van der Waals surface area contributed by atoms with Crippen LogP contribution >= 0.6 is 0 Å². The topological polar surface area (TPSA) is 34.8 Å². The summed E-state index contributed by atoms with van der Waals surface area (Å²) >= 11 is 0. The Morgan fingerprint density at radius 2 is 2.20 bits per heavy atom. The van der Waals surface area contributed by atoms with E-state index in [0.29, 0.717) is 6.04 Å². The van der Waals surface area contributed by atoms with E-state index in [1.54, 1.807) is 0 Å². The van der Waals surface area contributed by atoms with Gasteiger partial charge in [0.2, 0.25) is 0 Å². The molecule has 1 aliphatic carbocycles. The first-order valence-electron chi connectivity index (χ1n) is 7.70. The van der Waals surface area contributed by atoms with Gasteiger partial charge in [-0.3, -0.25) is 0 Å². The van der Waals surface area contributed by atoms with Crippen molar-refractivity contribution in [1.29, 1.82) is 0 Å². The lowest BCUT2D eigenvalue weighted by Crippen LogP contribution is -2.22. The smallest absolute Gasteiger partial charge is 0.128 e. The third-order valence-electron chi connectivity index (χ3n) is 4.12. The van der Waals surface area contributed by atoms with Gasteiger partial charge >= 0.3 is 0 Å². The molecule has 20 heavy (non-hydrogen) atoms. The Labute approximate surface area is 120 Å². The third kappa shape index (κ3) is 2.80. The molecule has 0 aliphatic heterocycles. The summed E-state index contributed by atoms with van der Waals surface area (Å²) in [6, 6.07) is 2.79. The molecule has 3 rings (SSSR count). The van der Waals surface area contributed by atoms with E-state index in [0.717, 1.165) is 31.4 Å². The second kappa shape index (κ2) is 5.83. The van der Waals surface area contributed by atoms with E-state index in [4.69, 9.17) is 0 Å². The van der Waals surface area contributed by atoms with Crippen LogP contribution in [0.25, 0.3) is 0 Å². The van der Waals surface area contributed by atoms with Gasteiger partial charge in [0.1, 0.15) is 5.82 Å². The van der Waals surface area contributed by atoms with Crippen LogP contribution in [0.15, 0.2) is 30.9 Å². The van der Waals surface area contributed by atoms with Crippen LogP contribution in [0, 0.1) is 5.92 Å². The number of hydrogen-bond donors (Lipinski definition) is 1. The van der Waals surface area contributed by atoms with Gasteiger partial charge in [0.05, 0.1) is 6.54 Å². The maximum atomic E-state index is 4.45. The fraction of sp³-hybridized carbons (Fsp3) is 0.562. The fourth-order valence-corrected chi connectivity index (χ4v) is 2.89. The lowest BCUT2D eigenvalue weighted by Gasteiger charge is -2.15. The summed E-state index contributed by atoms with van der Waals surface area (Å²) in [7, 11) is 0. The lowest BCUT2D eigenvalue weighted by molar-refractivity contribution is 0.495. The molecule has 0 bridgehead atoms. The van der Waals surface area contributed by atoms with E-state index >= 15 is 0 Å². The molecular weight excluding hydrogens is 248 g/mol. The van der Waals surface area contributed by atoms with E-state index in [2.05, 4.69) is 51.7 Å². The van der Waals surface area contributed by atoms with Crippen LogP contribution in [0.5, 0.6) is 0 Å². The Bertz CT molecular complexity index is 550. The molecule has 0 spiro atoms. The first-order valence-corrected chi connectivity index (χ1v) is 7.70. The molecule has 1 fully saturated rings. The minimum Gasteiger partial charge on any atom is -0.346 e. The SMILES string of the molecule is CCNC(c1ccn(Cc2nccn2CC)c1)C1CC1. The van der Waals surface area contributed by atoms with Crippen LogP contribution in [0.3, 0.4) is 0 Å². The van der Waals surface area contributed by atoms with E-state index in [1.165, 1.54) is 18.4 Å². The van der Waals surface area contributed by atoms with E-state index in [1.807, 2.05) is 12.4 Å². The zero-order valence-electron chi connectivity index (χ0n) is 12.4. The maximum Gasteiger partial charge on any atom is 0.128 e. The summed E-state index contributed by atoms with van der Waals surface area (Å²) in [6.45, 7) is 7.20. The number of imidazole rings is 1. The van der Waals surface area contributed by atoms with Crippen molar-refractivity contribution in [1.82, 2.24) is 19.4 Å². The average molecular weight is 272 g/mol. The van der Waals surface area contributed by atoms with Crippen LogP contribution in [0.1, 0.15) is 44.1 Å². The Hall–Kier alpha value is -1.55. The van der Waals surface area contributed by atoms with Crippen molar-refractivity contribution in [3.05, 3.63) is 42.2 Å². The van der Waals surface area contributed by atoms with Crippen LogP contribution in [-0.2, 0) is 13.1 Å². The molecule has 1 aliphatic rings. The van der Waals surface area contributed by atoms with E-state index in [-0.39, 0.29) is 0 Å². The van der Waals surface area contributed by atoms with Gasteiger partial charge < -0.3 is 14.5 Å². The fourth-order valence-electron chi connectivity index (χ4n) is 2.89. The van der Waals surface area contributed by atoms with Crippen molar-refractivity contribution in [2.45, 2.75) is 45.8 Å². The molecule has 2 aromatic heterocycles. The third-order valence-corrected chi connectivity index (χ3v) is 4.12. The van der Waals surface area contributed by atoms with Gasteiger partial charge in [-0.25, -0.2) is 4.98 Å². The van der Waals surface area contributed by atoms with Crippen molar-refractivity contribution in [2.75, 3.05) is 6.54 Å². The second-order valence-electron chi connectivity index (χ2n) is 5.62. The number of nitrogens with one attached hydrogen (secondary N) is 1. The van der Waals surface area contributed by atoms with Crippen molar-refractivity contribution in [3.63, 3.8) is 0 Å². The predicted octanol–water partition coefficient (Wildman–Crippen LogP) is 2.81. The number of aryl methyl sites for hydroxylation is 1. The molecule has 1 unspecified atom stereocenters. The minimum absolute atomic E-state index is 0.534. The highest BCUT2D eigenvalue weighted by Crippen LogP contribution is 2.41.